The van der Waals surface area contributed by atoms with Crippen molar-refractivity contribution in [2.24, 2.45) is 0 Å². The molecule has 18 heavy (non-hydrogen) atoms. The Kier molecular flexibility index (Phi) is 4.97. The van der Waals surface area contributed by atoms with Gasteiger partial charge in [0.05, 0.1) is 0 Å². The van der Waals surface area contributed by atoms with E-state index in [4.69, 9.17) is 12.2 Å². The number of halogens is 1. The molecule has 0 radical (unpaired) electrons. The van der Waals surface area contributed by atoms with Gasteiger partial charge in [-0.2, -0.15) is 0 Å². The molecule has 1 aromatic carbocycles. The van der Waals surface area contributed by atoms with Gasteiger partial charge in [-0.3, -0.25) is 0 Å². The molecule has 1 heterocycles. The average molecular weight is 328 g/mol. The molecule has 1 aliphatic heterocycles. The molecule has 5 heteroatoms. The zero-order chi connectivity index (χ0) is 13.0. The van der Waals surface area contributed by atoms with Crippen LogP contribution in [-0.4, -0.2) is 48.1 Å². The van der Waals surface area contributed by atoms with Crippen LogP contribution in [0.5, 0.6) is 0 Å². The van der Waals surface area contributed by atoms with Crippen LogP contribution in [0, 0.1) is 0 Å². The van der Waals surface area contributed by atoms with Gasteiger partial charge in [0.1, 0.15) is 0 Å². The van der Waals surface area contributed by atoms with Crippen molar-refractivity contribution in [1.29, 1.82) is 0 Å². The van der Waals surface area contributed by atoms with Crippen LogP contribution in [0.2, 0.25) is 0 Å². The van der Waals surface area contributed by atoms with Gasteiger partial charge in [-0.25, -0.2) is 0 Å². The van der Waals surface area contributed by atoms with Crippen molar-refractivity contribution in [1.82, 2.24) is 9.80 Å². The van der Waals surface area contributed by atoms with Crippen LogP contribution >= 0.6 is 28.1 Å². The Morgan fingerprint density at radius 3 is 2.89 bits per heavy atom. The molecule has 1 saturated heterocycles. The minimum absolute atomic E-state index is 0.823. The number of rotatable bonds is 1. The third kappa shape index (κ3) is 3.93. The van der Waals surface area contributed by atoms with Gasteiger partial charge < -0.3 is 15.1 Å². The van der Waals surface area contributed by atoms with Crippen LogP contribution in [0.4, 0.5) is 5.69 Å². The van der Waals surface area contributed by atoms with Crippen molar-refractivity contribution < 1.29 is 0 Å². The molecular formula is C13H18BrN3S. The van der Waals surface area contributed by atoms with Gasteiger partial charge in [-0.1, -0.05) is 22.0 Å². The maximum atomic E-state index is 5.48. The molecular weight excluding hydrogens is 310 g/mol. The average Bonchev–Trinajstić information content (AvgIpc) is 2.54. The van der Waals surface area contributed by atoms with Gasteiger partial charge in [0.25, 0.3) is 0 Å². The third-order valence-electron chi connectivity index (χ3n) is 3.08. The predicted molar refractivity (Wildman–Crippen MR) is 84.0 cm³/mol. The molecule has 1 N–H and O–H groups in total. The van der Waals surface area contributed by atoms with Crippen molar-refractivity contribution in [2.75, 3.05) is 38.5 Å². The predicted octanol–water partition coefficient (Wildman–Crippen LogP) is 2.78. The molecule has 0 aromatic heterocycles. The number of benzene rings is 1. The number of nitrogens with one attached hydrogen (secondary N) is 1. The van der Waals surface area contributed by atoms with Crippen LogP contribution < -0.4 is 5.32 Å². The topological polar surface area (TPSA) is 18.5 Å². The van der Waals surface area contributed by atoms with Crippen LogP contribution in [0.15, 0.2) is 28.7 Å². The fraction of sp³-hybridized carbons (Fsp3) is 0.462. The minimum atomic E-state index is 0.823. The Labute approximate surface area is 122 Å². The summed E-state index contributed by atoms with van der Waals surface area (Å²) in [7, 11) is 2.16. The monoisotopic (exact) mass is 327 g/mol. The highest BCUT2D eigenvalue weighted by Crippen LogP contribution is 2.16. The molecule has 0 bridgehead atoms. The van der Waals surface area contributed by atoms with Crippen molar-refractivity contribution in [3.8, 4) is 0 Å². The lowest BCUT2D eigenvalue weighted by Crippen LogP contribution is -2.37. The van der Waals surface area contributed by atoms with Crippen molar-refractivity contribution in [2.45, 2.75) is 6.42 Å². The van der Waals surface area contributed by atoms with Gasteiger partial charge >= 0.3 is 0 Å². The first kappa shape index (κ1) is 13.8. The molecule has 0 atom stereocenters. The lowest BCUT2D eigenvalue weighted by molar-refractivity contribution is 0.347. The minimum Gasteiger partial charge on any atom is -0.348 e. The van der Waals surface area contributed by atoms with E-state index in [0.29, 0.717) is 0 Å². The molecule has 3 nitrogen and oxygen atoms in total. The van der Waals surface area contributed by atoms with E-state index in [-0.39, 0.29) is 0 Å². The van der Waals surface area contributed by atoms with E-state index in [1.807, 2.05) is 24.3 Å². The fourth-order valence-corrected chi connectivity index (χ4v) is 2.72. The van der Waals surface area contributed by atoms with E-state index in [9.17, 15) is 0 Å². The Hall–Kier alpha value is -0.650. The third-order valence-corrected chi connectivity index (χ3v) is 3.94. The Balaban J connectivity index is 1.95. The molecule has 1 fully saturated rings. The summed E-state index contributed by atoms with van der Waals surface area (Å²) in [6, 6.07) is 8.08. The van der Waals surface area contributed by atoms with E-state index in [2.05, 4.69) is 38.1 Å². The summed E-state index contributed by atoms with van der Waals surface area (Å²) in [5, 5.41) is 4.13. The highest BCUT2D eigenvalue weighted by Gasteiger charge is 2.14. The summed E-state index contributed by atoms with van der Waals surface area (Å²) in [6.07, 6.45) is 1.16. The van der Waals surface area contributed by atoms with Crippen LogP contribution in [0.1, 0.15) is 6.42 Å². The number of hydrogen-bond acceptors (Lipinski definition) is 2. The maximum absolute atomic E-state index is 5.48. The molecule has 0 spiro atoms. The molecule has 0 unspecified atom stereocenters. The first-order valence-corrected chi connectivity index (χ1v) is 7.35. The van der Waals surface area contributed by atoms with Crippen LogP contribution in [0.25, 0.3) is 0 Å². The Morgan fingerprint density at radius 1 is 1.28 bits per heavy atom. The van der Waals surface area contributed by atoms with E-state index >= 15 is 0 Å². The molecule has 0 amide bonds. The first-order valence-electron chi connectivity index (χ1n) is 6.15. The Morgan fingerprint density at radius 2 is 2.11 bits per heavy atom. The first-order chi connectivity index (χ1) is 8.65. The lowest BCUT2D eigenvalue weighted by atomic mass is 10.3. The largest absolute Gasteiger partial charge is 0.348 e. The van der Waals surface area contributed by atoms with Gasteiger partial charge in [0.15, 0.2) is 5.11 Å². The van der Waals surface area contributed by atoms with Crippen molar-refractivity contribution >= 4 is 38.9 Å². The zero-order valence-electron chi connectivity index (χ0n) is 10.5. The van der Waals surface area contributed by atoms with E-state index in [0.717, 1.165) is 47.9 Å². The molecule has 1 aromatic rings. The van der Waals surface area contributed by atoms with Gasteiger partial charge in [0.2, 0.25) is 0 Å². The molecule has 1 aliphatic rings. The van der Waals surface area contributed by atoms with E-state index in [1.54, 1.807) is 0 Å². The lowest BCUT2D eigenvalue weighted by Gasteiger charge is -2.24. The second-order valence-electron chi connectivity index (χ2n) is 4.58. The van der Waals surface area contributed by atoms with Gasteiger partial charge in [-0.05, 0) is 50.4 Å². The van der Waals surface area contributed by atoms with Gasteiger partial charge in [-0.15, -0.1) is 0 Å². The smallest absolute Gasteiger partial charge is 0.173 e. The van der Waals surface area contributed by atoms with Crippen molar-refractivity contribution in [3.05, 3.63) is 28.7 Å². The quantitative estimate of drug-likeness (QED) is 0.799. The number of anilines is 1. The standard InChI is InChI=1S/C13H18BrN3S/c1-16-6-3-7-17(9-8-16)13(18)15-12-5-2-4-11(14)10-12/h2,4-5,10H,3,6-9H2,1H3,(H,15,18). The van der Waals surface area contributed by atoms with Crippen LogP contribution in [-0.2, 0) is 0 Å². The number of nitrogens with zero attached hydrogens (tertiary/aromatic N) is 2. The highest BCUT2D eigenvalue weighted by molar-refractivity contribution is 9.10. The summed E-state index contributed by atoms with van der Waals surface area (Å²) >= 11 is 8.94. The summed E-state index contributed by atoms with van der Waals surface area (Å²) in [5.74, 6) is 0. The summed E-state index contributed by atoms with van der Waals surface area (Å²) in [6.45, 7) is 4.25. The highest BCUT2D eigenvalue weighted by atomic mass is 79.9. The molecule has 0 aliphatic carbocycles. The SMILES string of the molecule is CN1CCCN(C(=S)Nc2cccc(Br)c2)CC1. The summed E-state index contributed by atoms with van der Waals surface area (Å²) in [4.78, 5) is 4.60. The molecule has 98 valence electrons. The van der Waals surface area contributed by atoms with E-state index < -0.39 is 0 Å². The summed E-state index contributed by atoms with van der Waals surface area (Å²) < 4.78 is 1.06. The molecule has 2 rings (SSSR count). The normalized spacial score (nSPS) is 17.3. The molecule has 0 saturated carbocycles. The second-order valence-corrected chi connectivity index (χ2v) is 5.89. The number of thiocarbonyl (C=S) groups is 1. The van der Waals surface area contributed by atoms with Crippen LogP contribution in [0.3, 0.4) is 0 Å². The second kappa shape index (κ2) is 6.50. The number of hydrogen-bond donors (Lipinski definition) is 1. The van der Waals surface area contributed by atoms with E-state index in [1.165, 1.54) is 0 Å². The fourth-order valence-electron chi connectivity index (χ4n) is 2.02. The van der Waals surface area contributed by atoms with Crippen molar-refractivity contribution in [3.63, 3.8) is 0 Å². The van der Waals surface area contributed by atoms with Gasteiger partial charge in [0, 0.05) is 29.8 Å². The maximum Gasteiger partial charge on any atom is 0.173 e. The Bertz CT molecular complexity index is 424. The zero-order valence-corrected chi connectivity index (χ0v) is 12.9. The number of likely N-dealkylation sites (N-methyl/N-ethyl adjacent to an activating group) is 1. The summed E-state index contributed by atoms with van der Waals surface area (Å²) in [5.41, 5.74) is 1.03.